The molecule has 0 bridgehead atoms. The van der Waals surface area contributed by atoms with Gasteiger partial charge < -0.3 is 10.1 Å². The lowest BCUT2D eigenvalue weighted by Gasteiger charge is -2.12. The van der Waals surface area contributed by atoms with E-state index in [0.717, 1.165) is 17.0 Å². The molecule has 1 aromatic heterocycles. The minimum Gasteiger partial charge on any atom is -0.492 e. The topological polar surface area (TPSA) is 79.9 Å². The quantitative estimate of drug-likeness (QED) is 0.705. The molecule has 28 heavy (non-hydrogen) atoms. The number of nitriles is 1. The average Bonchev–Trinajstić information content (AvgIpc) is 3.00. The number of rotatable bonds is 6. The Balaban J connectivity index is 1.82. The average molecular weight is 374 g/mol. The zero-order valence-electron chi connectivity index (χ0n) is 16.2. The number of aromatic nitrogens is 2. The Morgan fingerprint density at radius 2 is 2.04 bits per heavy atom. The Morgan fingerprint density at radius 1 is 1.21 bits per heavy atom. The van der Waals surface area contributed by atoms with Crippen LogP contribution in [0, 0.1) is 25.2 Å². The highest BCUT2D eigenvalue weighted by Gasteiger charge is 2.12. The molecule has 6 heteroatoms. The molecule has 0 atom stereocenters. The standard InChI is InChI=1S/C22H22N4O2/c1-4-28-21-9-8-17(13-23)12-20(21)24-22(27)19-7-5-6-18(11-19)14-26-16(3)10-15(2)25-26/h5-12H,4,14H2,1-3H3,(H,24,27). The van der Waals surface area contributed by atoms with Crippen LogP contribution in [0.25, 0.3) is 0 Å². The van der Waals surface area contributed by atoms with Crippen molar-refractivity contribution in [2.75, 3.05) is 11.9 Å². The minimum absolute atomic E-state index is 0.258. The van der Waals surface area contributed by atoms with Crippen molar-refractivity contribution in [3.05, 3.63) is 76.6 Å². The van der Waals surface area contributed by atoms with E-state index in [4.69, 9.17) is 10.00 Å². The molecule has 0 aliphatic heterocycles. The first-order valence-electron chi connectivity index (χ1n) is 9.08. The molecule has 0 saturated carbocycles. The molecule has 0 spiro atoms. The fraction of sp³-hybridized carbons (Fsp3) is 0.227. The molecule has 1 heterocycles. The Bertz CT molecular complexity index is 1050. The van der Waals surface area contributed by atoms with Gasteiger partial charge in [0, 0.05) is 11.3 Å². The lowest BCUT2D eigenvalue weighted by Crippen LogP contribution is -2.14. The van der Waals surface area contributed by atoms with Crippen molar-refractivity contribution < 1.29 is 9.53 Å². The molecule has 0 radical (unpaired) electrons. The third kappa shape index (κ3) is 4.38. The van der Waals surface area contributed by atoms with Gasteiger partial charge in [-0.25, -0.2) is 0 Å². The smallest absolute Gasteiger partial charge is 0.255 e. The maximum absolute atomic E-state index is 12.8. The summed E-state index contributed by atoms with van der Waals surface area (Å²) >= 11 is 0. The van der Waals surface area contributed by atoms with Crippen molar-refractivity contribution in [3.8, 4) is 11.8 Å². The number of nitrogens with one attached hydrogen (secondary N) is 1. The predicted molar refractivity (Wildman–Crippen MR) is 108 cm³/mol. The first-order chi connectivity index (χ1) is 13.5. The monoisotopic (exact) mass is 374 g/mol. The molecule has 142 valence electrons. The van der Waals surface area contributed by atoms with Crippen LogP contribution < -0.4 is 10.1 Å². The molecule has 6 nitrogen and oxygen atoms in total. The van der Waals surface area contributed by atoms with Gasteiger partial charge in [-0.2, -0.15) is 10.4 Å². The van der Waals surface area contributed by atoms with Gasteiger partial charge in [0.2, 0.25) is 0 Å². The molecule has 1 amide bonds. The molecule has 0 aliphatic carbocycles. The predicted octanol–water partition coefficient (Wildman–Crippen LogP) is 4.07. The highest BCUT2D eigenvalue weighted by atomic mass is 16.5. The first kappa shape index (κ1) is 19.2. The van der Waals surface area contributed by atoms with Gasteiger partial charge in [0.15, 0.2) is 0 Å². The van der Waals surface area contributed by atoms with E-state index in [1.165, 1.54) is 0 Å². The maximum Gasteiger partial charge on any atom is 0.255 e. The fourth-order valence-corrected chi connectivity index (χ4v) is 2.99. The van der Waals surface area contributed by atoms with Crippen molar-refractivity contribution in [2.24, 2.45) is 0 Å². The molecule has 3 aromatic rings. The molecule has 0 fully saturated rings. The van der Waals surface area contributed by atoms with Crippen LogP contribution in [-0.4, -0.2) is 22.3 Å². The van der Waals surface area contributed by atoms with E-state index in [0.29, 0.717) is 35.7 Å². The van der Waals surface area contributed by atoms with Gasteiger partial charge >= 0.3 is 0 Å². The van der Waals surface area contributed by atoms with Crippen molar-refractivity contribution in [3.63, 3.8) is 0 Å². The summed E-state index contributed by atoms with van der Waals surface area (Å²) in [4.78, 5) is 12.8. The van der Waals surface area contributed by atoms with Crippen LogP contribution >= 0.6 is 0 Å². The lowest BCUT2D eigenvalue weighted by atomic mass is 10.1. The number of aryl methyl sites for hydroxylation is 2. The molecule has 3 rings (SSSR count). The van der Waals surface area contributed by atoms with Crippen LogP contribution in [0.15, 0.2) is 48.5 Å². The number of ether oxygens (including phenoxy) is 1. The molecule has 0 saturated heterocycles. The van der Waals surface area contributed by atoms with Crippen LogP contribution in [0.1, 0.15) is 39.8 Å². The maximum atomic E-state index is 12.8. The van der Waals surface area contributed by atoms with Crippen molar-refractivity contribution in [1.82, 2.24) is 9.78 Å². The van der Waals surface area contributed by atoms with Gasteiger partial charge in [0.25, 0.3) is 5.91 Å². The number of amides is 1. The zero-order chi connectivity index (χ0) is 20.1. The number of nitrogens with zero attached hydrogens (tertiary/aromatic N) is 3. The summed E-state index contributed by atoms with van der Waals surface area (Å²) in [6.07, 6.45) is 0. The summed E-state index contributed by atoms with van der Waals surface area (Å²) in [5.41, 5.74) is 4.49. The Labute approximate surface area is 164 Å². The van der Waals surface area contributed by atoms with Gasteiger partial charge in [-0.3, -0.25) is 9.48 Å². The second kappa shape index (κ2) is 8.40. The van der Waals surface area contributed by atoms with Gasteiger partial charge in [-0.05, 0) is 62.7 Å². The van der Waals surface area contributed by atoms with Crippen LogP contribution in [-0.2, 0) is 6.54 Å². The van der Waals surface area contributed by atoms with E-state index in [1.54, 1.807) is 24.3 Å². The van der Waals surface area contributed by atoms with Crippen LogP contribution in [0.4, 0.5) is 5.69 Å². The number of benzene rings is 2. The lowest BCUT2D eigenvalue weighted by molar-refractivity contribution is 0.102. The van der Waals surface area contributed by atoms with E-state index in [-0.39, 0.29) is 5.91 Å². The van der Waals surface area contributed by atoms with Gasteiger partial charge in [-0.1, -0.05) is 12.1 Å². The summed E-state index contributed by atoms with van der Waals surface area (Å²) in [6.45, 7) is 6.89. The van der Waals surface area contributed by atoms with Crippen molar-refractivity contribution >= 4 is 11.6 Å². The molecule has 2 aromatic carbocycles. The highest BCUT2D eigenvalue weighted by Crippen LogP contribution is 2.26. The van der Waals surface area contributed by atoms with E-state index >= 15 is 0 Å². The SMILES string of the molecule is CCOc1ccc(C#N)cc1NC(=O)c1cccc(Cn2nc(C)cc2C)c1. The van der Waals surface area contributed by atoms with E-state index in [1.807, 2.05) is 49.7 Å². The third-order valence-electron chi connectivity index (χ3n) is 4.28. The summed E-state index contributed by atoms with van der Waals surface area (Å²) < 4.78 is 7.47. The number of hydrogen-bond donors (Lipinski definition) is 1. The van der Waals surface area contributed by atoms with Gasteiger partial charge in [0.05, 0.1) is 36.2 Å². The molecular formula is C22H22N4O2. The Hall–Kier alpha value is -3.59. The second-order valence-electron chi connectivity index (χ2n) is 6.50. The minimum atomic E-state index is -0.258. The summed E-state index contributed by atoms with van der Waals surface area (Å²) in [5.74, 6) is 0.278. The number of hydrogen-bond acceptors (Lipinski definition) is 4. The number of carbonyl (C=O) groups excluding carboxylic acids is 1. The van der Waals surface area contributed by atoms with Crippen LogP contribution in [0.2, 0.25) is 0 Å². The third-order valence-corrected chi connectivity index (χ3v) is 4.28. The summed E-state index contributed by atoms with van der Waals surface area (Å²) in [5, 5.41) is 16.4. The largest absolute Gasteiger partial charge is 0.492 e. The summed E-state index contributed by atoms with van der Waals surface area (Å²) in [7, 11) is 0. The van der Waals surface area contributed by atoms with Crippen molar-refractivity contribution in [2.45, 2.75) is 27.3 Å². The summed E-state index contributed by atoms with van der Waals surface area (Å²) in [6, 6.07) is 16.5. The molecular weight excluding hydrogens is 352 g/mol. The molecule has 0 unspecified atom stereocenters. The van der Waals surface area contributed by atoms with Crippen LogP contribution in [0.3, 0.4) is 0 Å². The fourth-order valence-electron chi connectivity index (χ4n) is 2.99. The van der Waals surface area contributed by atoms with E-state index < -0.39 is 0 Å². The number of anilines is 1. The van der Waals surface area contributed by atoms with E-state index in [2.05, 4.69) is 16.5 Å². The molecule has 0 aliphatic rings. The first-order valence-corrected chi connectivity index (χ1v) is 9.08. The van der Waals surface area contributed by atoms with Gasteiger partial charge in [-0.15, -0.1) is 0 Å². The van der Waals surface area contributed by atoms with Crippen molar-refractivity contribution in [1.29, 1.82) is 5.26 Å². The zero-order valence-corrected chi connectivity index (χ0v) is 16.2. The Morgan fingerprint density at radius 3 is 2.71 bits per heavy atom. The highest BCUT2D eigenvalue weighted by molar-refractivity contribution is 6.05. The van der Waals surface area contributed by atoms with E-state index in [9.17, 15) is 4.79 Å². The normalized spacial score (nSPS) is 10.4. The Kier molecular flexibility index (Phi) is 5.75. The number of carbonyl (C=O) groups is 1. The second-order valence-corrected chi connectivity index (χ2v) is 6.50. The van der Waals surface area contributed by atoms with Crippen LogP contribution in [0.5, 0.6) is 5.75 Å². The van der Waals surface area contributed by atoms with Gasteiger partial charge in [0.1, 0.15) is 5.75 Å². The molecule has 1 N–H and O–H groups in total.